The highest BCUT2D eigenvalue weighted by Gasteiger charge is 2.30. The number of anilines is 1. The average Bonchev–Trinajstić information content (AvgIpc) is 3.48. The van der Waals surface area contributed by atoms with E-state index in [0.717, 1.165) is 56.3 Å². The number of morpholine rings is 1. The Balaban J connectivity index is 1.42. The van der Waals surface area contributed by atoms with Crippen molar-refractivity contribution in [2.24, 2.45) is 5.92 Å². The molecule has 28 heavy (non-hydrogen) atoms. The molecule has 0 spiro atoms. The van der Waals surface area contributed by atoms with Crippen LogP contribution in [0.3, 0.4) is 0 Å². The van der Waals surface area contributed by atoms with Crippen molar-refractivity contribution in [3.8, 4) is 0 Å². The van der Waals surface area contributed by atoms with Crippen LogP contribution in [0.1, 0.15) is 34.1 Å². The van der Waals surface area contributed by atoms with Gasteiger partial charge in [-0.3, -0.25) is 14.5 Å². The lowest BCUT2D eigenvalue weighted by Gasteiger charge is -2.31. The van der Waals surface area contributed by atoms with Crippen molar-refractivity contribution in [1.82, 2.24) is 10.2 Å². The van der Waals surface area contributed by atoms with Crippen LogP contribution < -0.4 is 10.6 Å². The second kappa shape index (κ2) is 8.86. The summed E-state index contributed by atoms with van der Waals surface area (Å²) in [5.74, 6) is 0.0951. The van der Waals surface area contributed by atoms with E-state index < -0.39 is 0 Å². The maximum atomic E-state index is 12.9. The second-order valence-corrected chi connectivity index (χ2v) is 8.36. The summed E-state index contributed by atoms with van der Waals surface area (Å²) in [5.41, 5.74) is 1.08. The number of ether oxygens (including phenoxy) is 1. The van der Waals surface area contributed by atoms with Crippen molar-refractivity contribution in [2.45, 2.75) is 18.9 Å². The predicted octanol–water partition coefficient (Wildman–Crippen LogP) is 2.90. The van der Waals surface area contributed by atoms with E-state index in [0.29, 0.717) is 4.88 Å². The number of nitrogens with zero attached hydrogens (tertiary/aromatic N) is 1. The van der Waals surface area contributed by atoms with Gasteiger partial charge < -0.3 is 15.4 Å². The zero-order valence-electron chi connectivity index (χ0n) is 15.7. The summed E-state index contributed by atoms with van der Waals surface area (Å²) < 4.78 is 5.43. The summed E-state index contributed by atoms with van der Waals surface area (Å²) in [7, 11) is 0. The summed E-state index contributed by atoms with van der Waals surface area (Å²) >= 11 is 1.32. The van der Waals surface area contributed by atoms with Crippen molar-refractivity contribution in [3.05, 3.63) is 52.9 Å². The Bertz CT molecular complexity index is 813. The number of carbonyl (C=O) groups excluding carboxylic acids is 2. The third-order valence-corrected chi connectivity index (χ3v) is 6.08. The first kappa shape index (κ1) is 19.1. The molecule has 1 aliphatic heterocycles. The fraction of sp³-hybridized carbons (Fsp3) is 0.429. The van der Waals surface area contributed by atoms with Gasteiger partial charge in [0.2, 0.25) is 5.91 Å². The van der Waals surface area contributed by atoms with Gasteiger partial charge in [0.15, 0.2) is 0 Å². The van der Waals surface area contributed by atoms with Gasteiger partial charge >= 0.3 is 0 Å². The lowest BCUT2D eigenvalue weighted by Crippen LogP contribution is -2.43. The second-order valence-electron chi connectivity index (χ2n) is 7.28. The van der Waals surface area contributed by atoms with E-state index in [9.17, 15) is 9.59 Å². The Morgan fingerprint density at radius 2 is 1.86 bits per heavy atom. The Labute approximate surface area is 168 Å². The number of thiophene rings is 1. The van der Waals surface area contributed by atoms with Gasteiger partial charge in [0.05, 0.1) is 29.1 Å². The van der Waals surface area contributed by atoms with E-state index in [-0.39, 0.29) is 23.8 Å². The van der Waals surface area contributed by atoms with Gasteiger partial charge in [-0.1, -0.05) is 30.3 Å². The summed E-state index contributed by atoms with van der Waals surface area (Å²) in [6.45, 7) is 3.94. The molecule has 0 radical (unpaired) electrons. The average molecular weight is 400 g/mol. The molecular formula is C21H25N3O3S. The molecule has 2 aromatic rings. The zero-order chi connectivity index (χ0) is 19.3. The monoisotopic (exact) mass is 399 g/mol. The molecule has 1 saturated carbocycles. The fourth-order valence-electron chi connectivity index (χ4n) is 3.29. The van der Waals surface area contributed by atoms with Crippen LogP contribution in [0.15, 0.2) is 42.5 Å². The Hall–Kier alpha value is -2.22. The molecular weight excluding hydrogens is 374 g/mol. The minimum atomic E-state index is -0.112. The molecule has 6 nitrogen and oxygen atoms in total. The van der Waals surface area contributed by atoms with E-state index >= 15 is 0 Å². The molecule has 4 rings (SSSR count). The normalized spacial score (nSPS) is 18.4. The number of carbonyl (C=O) groups is 2. The van der Waals surface area contributed by atoms with Crippen molar-refractivity contribution in [1.29, 1.82) is 0 Å². The molecule has 2 heterocycles. The first-order valence-corrected chi connectivity index (χ1v) is 10.6. The van der Waals surface area contributed by atoms with E-state index in [1.165, 1.54) is 11.3 Å². The van der Waals surface area contributed by atoms with E-state index in [1.807, 2.05) is 30.3 Å². The smallest absolute Gasteiger partial charge is 0.261 e. The topological polar surface area (TPSA) is 70.7 Å². The molecule has 1 atom stereocenters. The molecule has 148 valence electrons. The third kappa shape index (κ3) is 4.98. The fourth-order valence-corrected chi connectivity index (χ4v) is 4.10. The van der Waals surface area contributed by atoms with Crippen LogP contribution in [-0.4, -0.2) is 49.6 Å². The molecule has 1 aliphatic carbocycles. The first-order chi connectivity index (χ1) is 13.7. The molecule has 2 fully saturated rings. The standard InChI is InChI=1S/C21H25N3O3S/c25-20(16-6-7-16)23-19-9-8-18(28-19)21(26)22-17(15-4-2-1-3-5-15)14-24-10-12-27-13-11-24/h1-5,8-9,16-17H,6-7,10-14H2,(H,22,26)(H,23,25). The zero-order valence-corrected chi connectivity index (χ0v) is 16.5. The van der Waals surface area contributed by atoms with Crippen molar-refractivity contribution in [2.75, 3.05) is 38.2 Å². The SMILES string of the molecule is O=C(NC(CN1CCOCC1)c1ccccc1)c1ccc(NC(=O)C2CC2)s1. The summed E-state index contributed by atoms with van der Waals surface area (Å²) in [6, 6.07) is 13.5. The van der Waals surface area contributed by atoms with Gasteiger partial charge in [0, 0.05) is 25.6 Å². The van der Waals surface area contributed by atoms with Gasteiger partial charge in [-0.15, -0.1) is 11.3 Å². The number of amides is 2. The minimum absolute atomic E-state index is 0.0586. The van der Waals surface area contributed by atoms with Crippen LogP contribution in [0.4, 0.5) is 5.00 Å². The quantitative estimate of drug-likeness (QED) is 0.751. The number of hydrogen-bond acceptors (Lipinski definition) is 5. The third-order valence-electron chi connectivity index (χ3n) is 5.08. The van der Waals surface area contributed by atoms with Gasteiger partial charge in [-0.2, -0.15) is 0 Å². The molecule has 2 aliphatic rings. The Morgan fingerprint density at radius 1 is 1.11 bits per heavy atom. The molecule has 7 heteroatoms. The molecule has 1 unspecified atom stereocenters. The van der Waals surface area contributed by atoms with Crippen LogP contribution >= 0.6 is 11.3 Å². The van der Waals surface area contributed by atoms with Crippen LogP contribution in [0.25, 0.3) is 0 Å². The van der Waals surface area contributed by atoms with Gasteiger partial charge in [0.25, 0.3) is 5.91 Å². The van der Waals surface area contributed by atoms with Gasteiger partial charge in [-0.25, -0.2) is 0 Å². The molecule has 1 aromatic carbocycles. The highest BCUT2D eigenvalue weighted by atomic mass is 32.1. The number of rotatable bonds is 7. The molecule has 2 N–H and O–H groups in total. The number of nitrogens with one attached hydrogen (secondary N) is 2. The van der Waals surface area contributed by atoms with Crippen LogP contribution in [0.2, 0.25) is 0 Å². The molecule has 2 amide bonds. The number of benzene rings is 1. The van der Waals surface area contributed by atoms with E-state index in [1.54, 1.807) is 12.1 Å². The summed E-state index contributed by atoms with van der Waals surface area (Å²) in [6.07, 6.45) is 1.93. The first-order valence-electron chi connectivity index (χ1n) is 9.75. The van der Waals surface area contributed by atoms with E-state index in [4.69, 9.17) is 4.74 Å². The maximum absolute atomic E-state index is 12.9. The largest absolute Gasteiger partial charge is 0.379 e. The molecule has 1 saturated heterocycles. The van der Waals surface area contributed by atoms with Crippen molar-refractivity contribution < 1.29 is 14.3 Å². The van der Waals surface area contributed by atoms with Crippen LogP contribution in [-0.2, 0) is 9.53 Å². The lowest BCUT2D eigenvalue weighted by atomic mass is 10.1. The van der Waals surface area contributed by atoms with Gasteiger partial charge in [-0.05, 0) is 30.5 Å². The van der Waals surface area contributed by atoms with Crippen LogP contribution in [0.5, 0.6) is 0 Å². The van der Waals surface area contributed by atoms with E-state index in [2.05, 4.69) is 15.5 Å². The highest BCUT2D eigenvalue weighted by molar-refractivity contribution is 7.18. The molecule has 0 bridgehead atoms. The van der Waals surface area contributed by atoms with Gasteiger partial charge in [0.1, 0.15) is 0 Å². The Morgan fingerprint density at radius 3 is 2.57 bits per heavy atom. The predicted molar refractivity (Wildman–Crippen MR) is 110 cm³/mol. The van der Waals surface area contributed by atoms with Crippen molar-refractivity contribution in [3.63, 3.8) is 0 Å². The highest BCUT2D eigenvalue weighted by Crippen LogP contribution is 2.31. The summed E-state index contributed by atoms with van der Waals surface area (Å²) in [4.78, 5) is 27.7. The number of hydrogen-bond donors (Lipinski definition) is 2. The maximum Gasteiger partial charge on any atom is 0.261 e. The lowest BCUT2D eigenvalue weighted by molar-refractivity contribution is -0.117. The minimum Gasteiger partial charge on any atom is -0.379 e. The Kier molecular flexibility index (Phi) is 6.04. The van der Waals surface area contributed by atoms with Crippen molar-refractivity contribution >= 4 is 28.2 Å². The molecule has 1 aromatic heterocycles. The summed E-state index contributed by atoms with van der Waals surface area (Å²) in [5, 5.41) is 6.81. The van der Waals surface area contributed by atoms with Crippen LogP contribution in [0, 0.1) is 5.92 Å².